The van der Waals surface area contributed by atoms with Crippen LogP contribution in [0.1, 0.15) is 35.9 Å². The van der Waals surface area contributed by atoms with Gasteiger partial charge < -0.3 is 10.5 Å². The molecule has 2 N–H and O–H groups in total. The first kappa shape index (κ1) is 15.6. The predicted molar refractivity (Wildman–Crippen MR) is 87.4 cm³/mol. The molecule has 0 radical (unpaired) electrons. The first-order valence-electron chi connectivity index (χ1n) is 6.52. The van der Waals surface area contributed by atoms with E-state index < -0.39 is 0 Å². The molecular weight excluding hydrogens is 313 g/mol. The Hall–Kier alpha value is -0.740. The van der Waals surface area contributed by atoms with Crippen molar-refractivity contribution in [3.63, 3.8) is 0 Å². The topological polar surface area (TPSA) is 35.2 Å². The summed E-state index contributed by atoms with van der Waals surface area (Å²) in [7, 11) is 0. The molecule has 0 spiro atoms. The van der Waals surface area contributed by atoms with Gasteiger partial charge in [-0.25, -0.2) is 0 Å². The molecule has 2 rings (SSSR count). The van der Waals surface area contributed by atoms with Crippen molar-refractivity contribution in [1.29, 1.82) is 0 Å². The number of halogens is 2. The fourth-order valence-corrected chi connectivity index (χ4v) is 3.62. The molecule has 0 saturated heterocycles. The van der Waals surface area contributed by atoms with Crippen molar-refractivity contribution in [3.8, 4) is 5.75 Å². The van der Waals surface area contributed by atoms with E-state index in [1.165, 1.54) is 5.56 Å². The van der Waals surface area contributed by atoms with Crippen LogP contribution in [0.15, 0.2) is 23.6 Å². The SMILES string of the molecule is CCOc1cc(Cl)c(C(N)c2sccc2CC)cc1Cl. The number of benzene rings is 1. The molecule has 1 atom stereocenters. The molecule has 1 unspecified atom stereocenters. The second-order valence-electron chi connectivity index (χ2n) is 4.38. The summed E-state index contributed by atoms with van der Waals surface area (Å²) >= 11 is 14.2. The first-order valence-corrected chi connectivity index (χ1v) is 8.15. The van der Waals surface area contributed by atoms with Gasteiger partial charge in [0.2, 0.25) is 0 Å². The maximum absolute atomic E-state index is 6.36. The van der Waals surface area contributed by atoms with Crippen LogP contribution in [0.25, 0.3) is 0 Å². The Morgan fingerprint density at radius 1 is 1.25 bits per heavy atom. The smallest absolute Gasteiger partial charge is 0.139 e. The molecule has 1 aromatic heterocycles. The van der Waals surface area contributed by atoms with Gasteiger partial charge in [0.15, 0.2) is 0 Å². The lowest BCUT2D eigenvalue weighted by Gasteiger charge is -2.16. The summed E-state index contributed by atoms with van der Waals surface area (Å²) < 4.78 is 5.43. The maximum Gasteiger partial charge on any atom is 0.139 e. The molecule has 0 bridgehead atoms. The Kier molecular flexibility index (Phi) is 5.33. The first-order chi connectivity index (χ1) is 9.58. The third-order valence-corrected chi connectivity index (χ3v) is 4.80. The lowest BCUT2D eigenvalue weighted by atomic mass is 10.0. The Balaban J connectivity index is 2.40. The molecule has 0 saturated carbocycles. The largest absolute Gasteiger partial charge is 0.492 e. The highest BCUT2D eigenvalue weighted by molar-refractivity contribution is 7.10. The summed E-state index contributed by atoms with van der Waals surface area (Å²) in [5.41, 5.74) is 8.44. The van der Waals surface area contributed by atoms with Crippen LogP contribution in [0, 0.1) is 0 Å². The molecule has 5 heteroatoms. The highest BCUT2D eigenvalue weighted by Gasteiger charge is 2.19. The van der Waals surface area contributed by atoms with E-state index in [0.29, 0.717) is 22.4 Å². The van der Waals surface area contributed by atoms with Gasteiger partial charge in [-0.05, 0) is 42.0 Å². The van der Waals surface area contributed by atoms with Gasteiger partial charge in [0.25, 0.3) is 0 Å². The lowest BCUT2D eigenvalue weighted by molar-refractivity contribution is 0.340. The van der Waals surface area contributed by atoms with Gasteiger partial charge in [-0.1, -0.05) is 30.1 Å². The molecule has 2 aromatic rings. The summed E-state index contributed by atoms with van der Waals surface area (Å²) in [6, 6.07) is 5.38. The zero-order valence-corrected chi connectivity index (χ0v) is 13.8. The summed E-state index contributed by atoms with van der Waals surface area (Å²) in [6.45, 7) is 4.57. The van der Waals surface area contributed by atoms with Crippen molar-refractivity contribution in [2.75, 3.05) is 6.61 Å². The van der Waals surface area contributed by atoms with Gasteiger partial charge >= 0.3 is 0 Å². The highest BCUT2D eigenvalue weighted by Crippen LogP contribution is 2.37. The zero-order chi connectivity index (χ0) is 14.7. The molecule has 0 fully saturated rings. The fourth-order valence-electron chi connectivity index (χ4n) is 2.10. The number of aryl methyl sites for hydroxylation is 1. The monoisotopic (exact) mass is 329 g/mol. The quantitative estimate of drug-likeness (QED) is 0.831. The van der Waals surface area contributed by atoms with Gasteiger partial charge in [-0.15, -0.1) is 11.3 Å². The van der Waals surface area contributed by atoms with E-state index in [-0.39, 0.29) is 6.04 Å². The average molecular weight is 330 g/mol. The Bertz CT molecular complexity index is 598. The predicted octanol–water partition coefficient (Wildman–Crippen LogP) is 5.06. The van der Waals surface area contributed by atoms with Gasteiger partial charge in [-0.2, -0.15) is 0 Å². The van der Waals surface area contributed by atoms with Crippen molar-refractivity contribution >= 4 is 34.5 Å². The van der Waals surface area contributed by atoms with Crippen LogP contribution in [-0.2, 0) is 6.42 Å². The summed E-state index contributed by atoms with van der Waals surface area (Å²) in [5, 5.41) is 3.18. The summed E-state index contributed by atoms with van der Waals surface area (Å²) in [4.78, 5) is 1.13. The molecule has 0 aliphatic carbocycles. The Morgan fingerprint density at radius 3 is 2.65 bits per heavy atom. The van der Waals surface area contributed by atoms with Crippen LogP contribution >= 0.6 is 34.5 Å². The van der Waals surface area contributed by atoms with E-state index in [1.807, 2.05) is 6.92 Å². The van der Waals surface area contributed by atoms with Crippen molar-refractivity contribution < 1.29 is 4.74 Å². The fraction of sp³-hybridized carbons (Fsp3) is 0.333. The number of thiophene rings is 1. The van der Waals surface area contributed by atoms with Crippen LogP contribution in [0.3, 0.4) is 0 Å². The molecule has 0 aliphatic rings. The van der Waals surface area contributed by atoms with Gasteiger partial charge in [0.05, 0.1) is 17.7 Å². The zero-order valence-electron chi connectivity index (χ0n) is 11.5. The van der Waals surface area contributed by atoms with Gasteiger partial charge in [-0.3, -0.25) is 0 Å². The van der Waals surface area contributed by atoms with Crippen molar-refractivity contribution in [1.82, 2.24) is 0 Å². The van der Waals surface area contributed by atoms with Gasteiger partial charge in [0.1, 0.15) is 5.75 Å². The molecule has 0 aliphatic heterocycles. The van der Waals surface area contributed by atoms with Crippen molar-refractivity contribution in [2.24, 2.45) is 5.73 Å². The van der Waals surface area contributed by atoms with E-state index in [1.54, 1.807) is 23.5 Å². The molecular formula is C15H17Cl2NOS. The highest BCUT2D eigenvalue weighted by atomic mass is 35.5. The Labute approximate surface area is 133 Å². The van der Waals surface area contributed by atoms with Crippen LogP contribution in [0.4, 0.5) is 0 Å². The van der Waals surface area contributed by atoms with E-state index >= 15 is 0 Å². The van der Waals surface area contributed by atoms with Crippen molar-refractivity contribution in [3.05, 3.63) is 49.6 Å². The number of hydrogen-bond donors (Lipinski definition) is 1. The van der Waals surface area contributed by atoms with Gasteiger partial charge in [0, 0.05) is 16.0 Å². The average Bonchev–Trinajstić information content (AvgIpc) is 2.90. The molecule has 1 aromatic carbocycles. The summed E-state index contributed by atoms with van der Waals surface area (Å²) in [5.74, 6) is 0.594. The van der Waals surface area contributed by atoms with Crippen LogP contribution in [0.5, 0.6) is 5.75 Å². The Morgan fingerprint density at radius 2 is 2.00 bits per heavy atom. The molecule has 1 heterocycles. The third-order valence-electron chi connectivity index (χ3n) is 3.13. The van der Waals surface area contributed by atoms with E-state index in [4.69, 9.17) is 33.7 Å². The molecule has 108 valence electrons. The molecule has 0 amide bonds. The standard InChI is InChI=1S/C15H17Cl2NOS/c1-3-9-5-6-20-15(9)14(18)10-7-12(17)13(19-4-2)8-11(10)16/h5-8,14H,3-4,18H2,1-2H3. The minimum absolute atomic E-state index is 0.259. The summed E-state index contributed by atoms with van der Waals surface area (Å²) in [6.07, 6.45) is 0.953. The number of ether oxygens (including phenoxy) is 1. The lowest BCUT2D eigenvalue weighted by Crippen LogP contribution is -2.12. The maximum atomic E-state index is 6.36. The second kappa shape index (κ2) is 6.81. The van der Waals surface area contributed by atoms with E-state index in [0.717, 1.165) is 16.9 Å². The van der Waals surface area contributed by atoms with E-state index in [9.17, 15) is 0 Å². The number of hydrogen-bond acceptors (Lipinski definition) is 3. The van der Waals surface area contributed by atoms with Crippen LogP contribution in [0.2, 0.25) is 10.0 Å². The number of rotatable bonds is 5. The van der Waals surface area contributed by atoms with Crippen LogP contribution < -0.4 is 10.5 Å². The minimum Gasteiger partial charge on any atom is -0.492 e. The van der Waals surface area contributed by atoms with Crippen LogP contribution in [-0.4, -0.2) is 6.61 Å². The minimum atomic E-state index is -0.259. The third kappa shape index (κ3) is 3.12. The number of nitrogens with two attached hydrogens (primary N) is 1. The molecule has 20 heavy (non-hydrogen) atoms. The second-order valence-corrected chi connectivity index (χ2v) is 6.14. The van der Waals surface area contributed by atoms with Crippen molar-refractivity contribution in [2.45, 2.75) is 26.3 Å². The van der Waals surface area contributed by atoms with E-state index in [2.05, 4.69) is 18.4 Å². The molecule has 2 nitrogen and oxygen atoms in total. The normalized spacial score (nSPS) is 12.4.